The predicted octanol–water partition coefficient (Wildman–Crippen LogP) is -1.12. The Morgan fingerprint density at radius 1 is 1.67 bits per heavy atom. The van der Waals surface area contributed by atoms with Gasteiger partial charge >= 0.3 is 5.97 Å². The van der Waals surface area contributed by atoms with Gasteiger partial charge in [0.05, 0.1) is 13.7 Å². The van der Waals surface area contributed by atoms with Gasteiger partial charge in [-0.05, 0) is 0 Å². The predicted molar refractivity (Wildman–Crippen MR) is 41.8 cm³/mol. The van der Waals surface area contributed by atoms with Gasteiger partial charge in [0.15, 0.2) is 6.04 Å². The number of halogens is 1. The summed E-state index contributed by atoms with van der Waals surface area (Å²) in [6, 6.07) is -1.03. The highest BCUT2D eigenvalue weighted by atomic mass is 35.5. The molecule has 70 valence electrons. The van der Waals surface area contributed by atoms with E-state index in [0.29, 0.717) is 0 Å². The fourth-order valence-electron chi connectivity index (χ4n) is 0.554. The number of carbonyl (C=O) groups is 2. The molecule has 0 aromatic heterocycles. The molecule has 2 N–H and O–H groups in total. The van der Waals surface area contributed by atoms with Gasteiger partial charge in [-0.2, -0.15) is 0 Å². The second kappa shape index (κ2) is 5.79. The minimum absolute atomic E-state index is 0.256. The number of hydrogen-bond donors (Lipinski definition) is 2. The fourth-order valence-corrected chi connectivity index (χ4v) is 0.631. The van der Waals surface area contributed by atoms with Crippen molar-refractivity contribution in [1.82, 2.24) is 5.32 Å². The molecule has 0 rings (SSSR count). The van der Waals surface area contributed by atoms with Gasteiger partial charge in [-0.1, -0.05) is 0 Å². The molecule has 0 aliphatic carbocycles. The van der Waals surface area contributed by atoms with Crippen molar-refractivity contribution in [1.29, 1.82) is 0 Å². The van der Waals surface area contributed by atoms with Gasteiger partial charge in [0, 0.05) is 0 Å². The Labute approximate surface area is 74.6 Å². The molecule has 0 aromatic rings. The highest BCUT2D eigenvalue weighted by molar-refractivity contribution is 6.27. The zero-order valence-electron chi connectivity index (χ0n) is 6.54. The van der Waals surface area contributed by atoms with Crippen LogP contribution in [0.2, 0.25) is 0 Å². The normalized spacial score (nSPS) is 11.9. The van der Waals surface area contributed by atoms with E-state index in [1.807, 2.05) is 0 Å². The van der Waals surface area contributed by atoms with Crippen molar-refractivity contribution in [2.45, 2.75) is 6.04 Å². The maximum absolute atomic E-state index is 10.8. The lowest BCUT2D eigenvalue weighted by atomic mass is 10.3. The second-order valence-corrected chi connectivity index (χ2v) is 2.23. The molecule has 0 radical (unpaired) electrons. The summed E-state index contributed by atoms with van der Waals surface area (Å²) in [4.78, 5) is 21.4. The van der Waals surface area contributed by atoms with E-state index in [9.17, 15) is 9.59 Å². The van der Waals surface area contributed by atoms with Gasteiger partial charge in [0.2, 0.25) is 5.91 Å². The van der Waals surface area contributed by atoms with Gasteiger partial charge in [-0.15, -0.1) is 11.6 Å². The zero-order chi connectivity index (χ0) is 9.56. The molecule has 0 heterocycles. The summed E-state index contributed by atoms with van der Waals surface area (Å²) in [5, 5.41) is 10.8. The largest absolute Gasteiger partial charge is 0.467 e. The van der Waals surface area contributed by atoms with Crippen molar-refractivity contribution in [3.63, 3.8) is 0 Å². The van der Waals surface area contributed by atoms with Gasteiger partial charge in [-0.25, -0.2) is 4.79 Å². The van der Waals surface area contributed by atoms with Crippen molar-refractivity contribution in [3.05, 3.63) is 0 Å². The molecular formula is C6H10ClNO4. The van der Waals surface area contributed by atoms with Crippen molar-refractivity contribution < 1.29 is 19.4 Å². The average Bonchev–Trinajstić information content (AvgIpc) is 2.12. The number of ether oxygens (including phenoxy) is 1. The van der Waals surface area contributed by atoms with Crippen LogP contribution >= 0.6 is 11.6 Å². The maximum Gasteiger partial charge on any atom is 0.330 e. The van der Waals surface area contributed by atoms with E-state index < -0.39 is 24.5 Å². The summed E-state index contributed by atoms with van der Waals surface area (Å²) in [6.07, 6.45) is 0. The van der Waals surface area contributed by atoms with Crippen LogP contribution in [-0.2, 0) is 14.3 Å². The van der Waals surface area contributed by atoms with Crippen LogP contribution in [0.3, 0.4) is 0 Å². The summed E-state index contributed by atoms with van der Waals surface area (Å²) < 4.78 is 4.29. The molecule has 0 unspecified atom stereocenters. The molecular weight excluding hydrogens is 186 g/mol. The molecule has 6 heteroatoms. The molecule has 1 amide bonds. The molecule has 5 nitrogen and oxygen atoms in total. The first-order chi connectivity index (χ1) is 5.65. The molecule has 0 saturated heterocycles. The lowest BCUT2D eigenvalue weighted by molar-refractivity contribution is -0.145. The van der Waals surface area contributed by atoms with Crippen LogP contribution in [-0.4, -0.2) is 42.6 Å². The molecule has 1 atom stereocenters. The Kier molecular flexibility index (Phi) is 5.40. The van der Waals surface area contributed by atoms with E-state index in [-0.39, 0.29) is 5.88 Å². The standard InChI is InChI=1S/C6H10ClNO4/c1-12-6(11)4(3-9)8-5(10)2-7/h4,9H,2-3H2,1H3,(H,8,10)/t4-/m0/s1. The Hall–Kier alpha value is -0.810. The van der Waals surface area contributed by atoms with E-state index in [0.717, 1.165) is 7.11 Å². The number of aliphatic hydroxyl groups is 1. The van der Waals surface area contributed by atoms with Crippen LogP contribution in [0.5, 0.6) is 0 Å². The quantitative estimate of drug-likeness (QED) is 0.440. The smallest absolute Gasteiger partial charge is 0.330 e. The fraction of sp³-hybridized carbons (Fsp3) is 0.667. The Morgan fingerprint density at radius 3 is 2.58 bits per heavy atom. The van der Waals surface area contributed by atoms with Crippen LogP contribution in [0.1, 0.15) is 0 Å². The molecule has 0 bridgehead atoms. The topological polar surface area (TPSA) is 75.6 Å². The SMILES string of the molecule is COC(=O)[C@H](CO)NC(=O)CCl. The third-order valence-corrected chi connectivity index (χ3v) is 1.37. The Morgan fingerprint density at radius 2 is 2.25 bits per heavy atom. The first-order valence-corrected chi connectivity index (χ1v) is 3.73. The Bertz CT molecular complexity index is 173. The number of carbonyl (C=O) groups excluding carboxylic acids is 2. The van der Waals surface area contributed by atoms with E-state index in [1.54, 1.807) is 0 Å². The monoisotopic (exact) mass is 195 g/mol. The van der Waals surface area contributed by atoms with E-state index in [1.165, 1.54) is 0 Å². The number of hydrogen-bond acceptors (Lipinski definition) is 4. The third kappa shape index (κ3) is 3.54. The minimum atomic E-state index is -1.03. The lowest BCUT2D eigenvalue weighted by Gasteiger charge is -2.12. The number of aliphatic hydroxyl groups excluding tert-OH is 1. The van der Waals surface area contributed by atoms with Crippen LogP contribution in [0.15, 0.2) is 0 Å². The van der Waals surface area contributed by atoms with E-state index in [4.69, 9.17) is 16.7 Å². The molecule has 0 aliphatic rings. The first kappa shape index (κ1) is 11.2. The second-order valence-electron chi connectivity index (χ2n) is 1.96. The van der Waals surface area contributed by atoms with Crippen molar-refractivity contribution in [3.8, 4) is 0 Å². The number of alkyl halides is 1. The van der Waals surface area contributed by atoms with Crippen LogP contribution in [0.25, 0.3) is 0 Å². The first-order valence-electron chi connectivity index (χ1n) is 3.19. The van der Waals surface area contributed by atoms with Crippen LogP contribution in [0.4, 0.5) is 0 Å². The number of esters is 1. The number of methoxy groups -OCH3 is 1. The minimum Gasteiger partial charge on any atom is -0.467 e. The van der Waals surface area contributed by atoms with Crippen molar-refractivity contribution in [2.24, 2.45) is 0 Å². The Balaban J connectivity index is 3.99. The van der Waals surface area contributed by atoms with Crippen LogP contribution in [0, 0.1) is 0 Å². The van der Waals surface area contributed by atoms with Crippen molar-refractivity contribution >= 4 is 23.5 Å². The molecule has 0 saturated carbocycles. The van der Waals surface area contributed by atoms with Gasteiger partial charge in [0.25, 0.3) is 0 Å². The number of amides is 1. The molecule has 0 aliphatic heterocycles. The van der Waals surface area contributed by atoms with Gasteiger partial charge < -0.3 is 15.2 Å². The number of nitrogens with one attached hydrogen (secondary N) is 1. The summed E-state index contributed by atoms with van der Waals surface area (Å²) in [5.41, 5.74) is 0. The summed E-state index contributed by atoms with van der Waals surface area (Å²) in [7, 11) is 1.16. The molecule has 0 fully saturated rings. The molecule has 0 aromatic carbocycles. The number of rotatable bonds is 4. The summed E-state index contributed by atoms with van der Waals surface area (Å²) in [6.45, 7) is -0.505. The van der Waals surface area contributed by atoms with E-state index >= 15 is 0 Å². The highest BCUT2D eigenvalue weighted by Gasteiger charge is 2.19. The lowest BCUT2D eigenvalue weighted by Crippen LogP contribution is -2.44. The summed E-state index contributed by atoms with van der Waals surface area (Å²) >= 11 is 5.16. The average molecular weight is 196 g/mol. The van der Waals surface area contributed by atoms with Gasteiger partial charge in [-0.3, -0.25) is 4.79 Å². The summed E-state index contributed by atoms with van der Waals surface area (Å²) in [5.74, 6) is -1.48. The molecule has 0 spiro atoms. The molecule has 12 heavy (non-hydrogen) atoms. The third-order valence-electron chi connectivity index (χ3n) is 1.12. The van der Waals surface area contributed by atoms with E-state index in [2.05, 4.69) is 10.1 Å². The maximum atomic E-state index is 10.8. The zero-order valence-corrected chi connectivity index (χ0v) is 7.30. The van der Waals surface area contributed by atoms with Gasteiger partial charge in [0.1, 0.15) is 5.88 Å². The van der Waals surface area contributed by atoms with Crippen molar-refractivity contribution in [2.75, 3.05) is 19.6 Å². The van der Waals surface area contributed by atoms with Crippen LogP contribution < -0.4 is 5.32 Å². The highest BCUT2D eigenvalue weighted by Crippen LogP contribution is 1.87.